The zero-order chi connectivity index (χ0) is 14.4. The van der Waals surface area contributed by atoms with Crippen molar-refractivity contribution in [3.05, 3.63) is 41.2 Å². The predicted octanol–water partition coefficient (Wildman–Crippen LogP) is 2.20. The van der Waals surface area contributed by atoms with Crippen LogP contribution in [0.2, 0.25) is 5.02 Å². The van der Waals surface area contributed by atoms with E-state index in [2.05, 4.69) is 20.6 Å². The summed E-state index contributed by atoms with van der Waals surface area (Å²) in [4.78, 5) is 14.0. The Kier molecular flexibility index (Phi) is 5.20. The largest absolute Gasteiger partial charge is 0.307 e. The third kappa shape index (κ3) is 3.61. The number of rotatable bonds is 5. The van der Waals surface area contributed by atoms with Crippen molar-refractivity contribution in [1.29, 1.82) is 0 Å². The first-order valence-electron chi connectivity index (χ1n) is 5.87. The van der Waals surface area contributed by atoms with Gasteiger partial charge in [0.2, 0.25) is 0 Å². The average molecular weight is 312 g/mol. The lowest BCUT2D eigenvalue weighted by Gasteiger charge is -2.21. The first-order chi connectivity index (χ1) is 9.72. The minimum atomic E-state index is -0.306. The van der Waals surface area contributed by atoms with Crippen LogP contribution in [0.3, 0.4) is 0 Å². The second kappa shape index (κ2) is 7.12. The minimum absolute atomic E-state index is 0.129. The zero-order valence-corrected chi connectivity index (χ0v) is 11.9. The fraction of sp³-hybridized carbons (Fsp3) is 0.250. The summed E-state index contributed by atoms with van der Waals surface area (Å²) in [6.45, 7) is 0.466. The molecule has 0 spiro atoms. The van der Waals surface area contributed by atoms with Crippen LogP contribution in [0.4, 0.5) is 5.69 Å². The van der Waals surface area contributed by atoms with Gasteiger partial charge in [-0.2, -0.15) is 0 Å². The molecule has 1 aromatic carbocycles. The topological polar surface area (TPSA) is 71.9 Å². The van der Waals surface area contributed by atoms with Crippen molar-refractivity contribution in [2.45, 2.75) is 6.42 Å². The molecule has 0 atom stereocenters. The molecule has 0 saturated heterocycles. The number of benzene rings is 1. The Morgan fingerprint density at radius 2 is 1.95 bits per heavy atom. The lowest BCUT2D eigenvalue weighted by Crippen LogP contribution is -2.33. The lowest BCUT2D eigenvalue weighted by molar-refractivity contribution is 0.0980. The minimum Gasteiger partial charge on any atom is -0.307 e. The number of carbonyl (C=O) groups excluding carboxylic acids is 1. The standard InChI is InChI=1S/C12H11Cl2N5O/c13-6-1-7-19(10-4-2-9(14)3-5-10)12(20)11-8-15-17-18-16-11/h2-5,8H,1,6-7H2. The fourth-order valence-corrected chi connectivity index (χ4v) is 1.87. The summed E-state index contributed by atoms with van der Waals surface area (Å²) >= 11 is 11.6. The second-order valence-electron chi connectivity index (χ2n) is 3.88. The fourth-order valence-electron chi connectivity index (χ4n) is 1.62. The molecular weight excluding hydrogens is 301 g/mol. The number of hydrogen-bond acceptors (Lipinski definition) is 5. The Hall–Kier alpha value is -1.79. The number of amides is 1. The molecular formula is C12H11Cl2N5O. The summed E-state index contributed by atoms with van der Waals surface area (Å²) in [7, 11) is 0. The van der Waals surface area contributed by atoms with Gasteiger partial charge in [-0.15, -0.1) is 21.8 Å². The van der Waals surface area contributed by atoms with Crippen molar-refractivity contribution in [2.24, 2.45) is 0 Å². The molecule has 0 fully saturated rings. The monoisotopic (exact) mass is 311 g/mol. The molecule has 6 nitrogen and oxygen atoms in total. The summed E-state index contributed by atoms with van der Waals surface area (Å²) in [6, 6.07) is 6.95. The van der Waals surface area contributed by atoms with E-state index in [0.29, 0.717) is 29.6 Å². The van der Waals surface area contributed by atoms with Crippen LogP contribution in [0.1, 0.15) is 16.9 Å². The molecule has 8 heteroatoms. The summed E-state index contributed by atoms with van der Waals surface area (Å²) in [5.74, 6) is 0.150. The molecule has 2 aromatic rings. The zero-order valence-electron chi connectivity index (χ0n) is 10.4. The summed E-state index contributed by atoms with van der Waals surface area (Å²) in [5.41, 5.74) is 0.840. The van der Waals surface area contributed by atoms with Gasteiger partial charge in [0.25, 0.3) is 5.91 Å². The van der Waals surface area contributed by atoms with Gasteiger partial charge in [0, 0.05) is 23.1 Å². The average Bonchev–Trinajstić information content (AvgIpc) is 2.50. The van der Waals surface area contributed by atoms with Crippen molar-refractivity contribution in [2.75, 3.05) is 17.3 Å². The van der Waals surface area contributed by atoms with Crippen LogP contribution in [-0.4, -0.2) is 39.0 Å². The first kappa shape index (κ1) is 14.6. The number of anilines is 1. The molecule has 0 aliphatic rings. The molecule has 1 amide bonds. The smallest absolute Gasteiger partial charge is 0.280 e. The van der Waals surface area contributed by atoms with Crippen LogP contribution in [-0.2, 0) is 0 Å². The number of carbonyl (C=O) groups is 1. The number of hydrogen-bond donors (Lipinski definition) is 0. The highest BCUT2D eigenvalue weighted by Gasteiger charge is 2.19. The van der Waals surface area contributed by atoms with E-state index in [4.69, 9.17) is 23.2 Å². The van der Waals surface area contributed by atoms with Gasteiger partial charge in [-0.3, -0.25) is 4.79 Å². The van der Waals surface area contributed by atoms with Gasteiger partial charge in [0.15, 0.2) is 5.69 Å². The van der Waals surface area contributed by atoms with E-state index >= 15 is 0 Å². The van der Waals surface area contributed by atoms with E-state index in [9.17, 15) is 4.79 Å². The van der Waals surface area contributed by atoms with Gasteiger partial charge in [-0.05, 0) is 41.1 Å². The summed E-state index contributed by atoms with van der Waals surface area (Å²) in [5, 5.41) is 14.5. The highest BCUT2D eigenvalue weighted by atomic mass is 35.5. The maximum Gasteiger partial charge on any atom is 0.280 e. The Balaban J connectivity index is 2.27. The Morgan fingerprint density at radius 3 is 2.55 bits per heavy atom. The van der Waals surface area contributed by atoms with Crippen molar-refractivity contribution in [3.8, 4) is 0 Å². The maximum atomic E-state index is 12.4. The molecule has 0 unspecified atom stereocenters. The Labute approximate surface area is 125 Å². The number of halogens is 2. The van der Waals surface area contributed by atoms with E-state index in [1.165, 1.54) is 6.20 Å². The van der Waals surface area contributed by atoms with Gasteiger partial charge in [-0.1, -0.05) is 11.6 Å². The van der Waals surface area contributed by atoms with Crippen LogP contribution < -0.4 is 4.90 Å². The normalized spacial score (nSPS) is 10.3. The molecule has 20 heavy (non-hydrogen) atoms. The molecule has 0 N–H and O–H groups in total. The maximum absolute atomic E-state index is 12.4. The van der Waals surface area contributed by atoms with Gasteiger partial charge >= 0.3 is 0 Å². The molecule has 0 aliphatic carbocycles. The van der Waals surface area contributed by atoms with Crippen LogP contribution in [0.25, 0.3) is 0 Å². The molecule has 0 saturated carbocycles. The summed E-state index contributed by atoms with van der Waals surface area (Å²) in [6.07, 6.45) is 1.93. The number of nitrogens with zero attached hydrogens (tertiary/aromatic N) is 5. The van der Waals surface area contributed by atoms with E-state index in [0.717, 1.165) is 0 Å². The highest BCUT2D eigenvalue weighted by molar-refractivity contribution is 6.30. The van der Waals surface area contributed by atoms with Crippen LogP contribution in [0.15, 0.2) is 30.5 Å². The van der Waals surface area contributed by atoms with E-state index < -0.39 is 0 Å². The summed E-state index contributed by atoms with van der Waals surface area (Å²) < 4.78 is 0. The van der Waals surface area contributed by atoms with Crippen molar-refractivity contribution >= 4 is 34.8 Å². The predicted molar refractivity (Wildman–Crippen MR) is 76.1 cm³/mol. The van der Waals surface area contributed by atoms with E-state index in [-0.39, 0.29) is 11.6 Å². The third-order valence-corrected chi connectivity index (χ3v) is 3.06. The lowest BCUT2D eigenvalue weighted by atomic mass is 10.2. The van der Waals surface area contributed by atoms with Crippen LogP contribution in [0, 0.1) is 0 Å². The van der Waals surface area contributed by atoms with Crippen molar-refractivity contribution in [3.63, 3.8) is 0 Å². The molecule has 1 aromatic heterocycles. The van der Waals surface area contributed by atoms with Gasteiger partial charge in [-0.25, -0.2) is 0 Å². The Morgan fingerprint density at radius 1 is 1.20 bits per heavy atom. The van der Waals surface area contributed by atoms with Crippen molar-refractivity contribution < 1.29 is 4.79 Å². The van der Waals surface area contributed by atoms with E-state index in [1.807, 2.05) is 0 Å². The third-order valence-electron chi connectivity index (χ3n) is 2.54. The second-order valence-corrected chi connectivity index (χ2v) is 4.70. The molecule has 0 bridgehead atoms. The van der Waals surface area contributed by atoms with Gasteiger partial charge in [0.1, 0.15) is 0 Å². The number of aromatic nitrogens is 4. The van der Waals surface area contributed by atoms with Gasteiger partial charge in [0.05, 0.1) is 6.20 Å². The molecule has 0 radical (unpaired) electrons. The van der Waals surface area contributed by atoms with Crippen LogP contribution >= 0.6 is 23.2 Å². The highest BCUT2D eigenvalue weighted by Crippen LogP contribution is 2.20. The van der Waals surface area contributed by atoms with Crippen LogP contribution in [0.5, 0.6) is 0 Å². The Bertz CT molecular complexity index is 564. The molecule has 1 heterocycles. The SMILES string of the molecule is O=C(c1cnnnn1)N(CCCCl)c1ccc(Cl)cc1. The number of alkyl halides is 1. The molecule has 2 rings (SSSR count). The molecule has 0 aliphatic heterocycles. The van der Waals surface area contributed by atoms with Gasteiger partial charge < -0.3 is 4.90 Å². The first-order valence-corrected chi connectivity index (χ1v) is 6.78. The van der Waals surface area contributed by atoms with E-state index in [1.54, 1.807) is 29.2 Å². The quantitative estimate of drug-likeness (QED) is 0.791. The van der Waals surface area contributed by atoms with Crippen molar-refractivity contribution in [1.82, 2.24) is 20.6 Å². The molecule has 104 valence electrons.